The summed E-state index contributed by atoms with van der Waals surface area (Å²) in [5, 5.41) is 3.20. The van der Waals surface area contributed by atoms with Gasteiger partial charge in [-0.05, 0) is 72.3 Å². The molecule has 0 aliphatic carbocycles. The first-order chi connectivity index (χ1) is 9.10. The second-order valence-electron chi connectivity index (χ2n) is 4.70. The number of hydrogen-bond acceptors (Lipinski definition) is 1. The van der Waals surface area contributed by atoms with Crippen LogP contribution in [0.15, 0.2) is 42.5 Å². The molecular weight excluding hydrogens is 352 g/mol. The van der Waals surface area contributed by atoms with Crippen LogP contribution in [0, 0.1) is 16.3 Å². The average Bonchev–Trinajstić information content (AvgIpc) is 2.39. The van der Waals surface area contributed by atoms with Crippen LogP contribution in [0.5, 0.6) is 0 Å². The van der Waals surface area contributed by atoms with Crippen molar-refractivity contribution in [2.24, 2.45) is 0 Å². The molecule has 1 unspecified atom stereocenters. The first-order valence-electron chi connectivity index (χ1n) is 6.28. The van der Waals surface area contributed by atoms with Crippen LogP contribution in [0.2, 0.25) is 0 Å². The molecule has 0 aromatic heterocycles. The number of rotatable bonds is 4. The molecule has 2 aromatic rings. The normalized spacial score (nSPS) is 12.4. The van der Waals surface area contributed by atoms with E-state index >= 15 is 0 Å². The summed E-state index contributed by atoms with van der Waals surface area (Å²) < 4.78 is 15.2. The van der Waals surface area contributed by atoms with Crippen molar-refractivity contribution in [3.05, 3.63) is 68.5 Å². The Bertz CT molecular complexity index is 551. The van der Waals surface area contributed by atoms with Crippen LogP contribution in [0.1, 0.15) is 22.7 Å². The fraction of sp³-hybridized carbons (Fsp3) is 0.250. The highest BCUT2D eigenvalue weighted by molar-refractivity contribution is 14.1. The Kier molecular flexibility index (Phi) is 4.93. The zero-order valence-corrected chi connectivity index (χ0v) is 13.2. The third kappa shape index (κ3) is 3.76. The van der Waals surface area contributed by atoms with Gasteiger partial charge in [0.15, 0.2) is 0 Å². The molecule has 1 nitrogen and oxygen atoms in total. The van der Waals surface area contributed by atoms with Gasteiger partial charge in [0, 0.05) is 15.2 Å². The van der Waals surface area contributed by atoms with E-state index in [9.17, 15) is 4.39 Å². The average molecular weight is 369 g/mol. The fourth-order valence-corrected chi connectivity index (χ4v) is 2.50. The monoisotopic (exact) mass is 369 g/mol. The number of hydrogen-bond donors (Lipinski definition) is 1. The van der Waals surface area contributed by atoms with E-state index in [1.807, 2.05) is 26.1 Å². The number of aryl methyl sites for hydroxylation is 1. The van der Waals surface area contributed by atoms with Crippen LogP contribution in [0.3, 0.4) is 0 Å². The number of benzene rings is 2. The van der Waals surface area contributed by atoms with Gasteiger partial charge in [-0.25, -0.2) is 4.39 Å². The largest absolute Gasteiger partial charge is 0.313 e. The van der Waals surface area contributed by atoms with E-state index in [1.54, 1.807) is 6.07 Å². The summed E-state index contributed by atoms with van der Waals surface area (Å²) in [7, 11) is 1.87. The van der Waals surface area contributed by atoms with E-state index in [-0.39, 0.29) is 11.9 Å². The summed E-state index contributed by atoms with van der Waals surface area (Å²) in [6.45, 7) is 1.90. The molecule has 0 fully saturated rings. The van der Waals surface area contributed by atoms with Crippen molar-refractivity contribution in [1.82, 2.24) is 5.32 Å². The molecule has 0 bridgehead atoms. The van der Waals surface area contributed by atoms with Crippen molar-refractivity contribution in [3.63, 3.8) is 0 Å². The van der Waals surface area contributed by atoms with E-state index in [2.05, 4.69) is 52.2 Å². The van der Waals surface area contributed by atoms with Crippen molar-refractivity contribution in [3.8, 4) is 0 Å². The van der Waals surface area contributed by atoms with Crippen LogP contribution in [-0.4, -0.2) is 7.05 Å². The van der Waals surface area contributed by atoms with Gasteiger partial charge < -0.3 is 5.32 Å². The Balaban J connectivity index is 2.22. The number of likely N-dealkylation sites (N-methyl/N-ethyl adjacent to an activating group) is 1. The minimum absolute atomic E-state index is 0.000612. The first-order valence-corrected chi connectivity index (χ1v) is 7.36. The fourth-order valence-electron chi connectivity index (χ4n) is 2.14. The van der Waals surface area contributed by atoms with E-state index < -0.39 is 0 Å². The smallest absolute Gasteiger partial charge is 0.128 e. The third-order valence-electron chi connectivity index (χ3n) is 3.23. The summed E-state index contributed by atoms with van der Waals surface area (Å²) in [6.07, 6.45) is 0.785. The molecule has 100 valence electrons. The molecule has 2 rings (SSSR count). The van der Waals surface area contributed by atoms with E-state index in [1.165, 1.54) is 9.13 Å². The Morgan fingerprint density at radius 2 is 1.84 bits per heavy atom. The molecule has 3 heteroatoms. The lowest BCUT2D eigenvalue weighted by atomic mass is 9.97. The van der Waals surface area contributed by atoms with Gasteiger partial charge in [-0.1, -0.05) is 24.3 Å². The minimum atomic E-state index is -0.134. The molecule has 1 N–H and O–H groups in total. The zero-order valence-electron chi connectivity index (χ0n) is 11.1. The number of nitrogens with one attached hydrogen (secondary N) is 1. The molecule has 2 aromatic carbocycles. The lowest BCUT2D eigenvalue weighted by Crippen LogP contribution is -2.20. The topological polar surface area (TPSA) is 12.0 Å². The molecule has 1 atom stereocenters. The highest BCUT2D eigenvalue weighted by Crippen LogP contribution is 2.22. The van der Waals surface area contributed by atoms with E-state index in [0.717, 1.165) is 17.5 Å². The van der Waals surface area contributed by atoms with Crippen LogP contribution in [-0.2, 0) is 6.42 Å². The highest BCUT2D eigenvalue weighted by atomic mass is 127. The van der Waals surface area contributed by atoms with Gasteiger partial charge >= 0.3 is 0 Å². The lowest BCUT2D eigenvalue weighted by Gasteiger charge is -2.18. The maximum absolute atomic E-state index is 14.0. The second-order valence-corrected chi connectivity index (χ2v) is 5.94. The molecule has 0 heterocycles. The van der Waals surface area contributed by atoms with Crippen molar-refractivity contribution in [2.75, 3.05) is 7.05 Å². The molecule has 0 radical (unpaired) electrons. The molecule has 0 amide bonds. The summed E-state index contributed by atoms with van der Waals surface area (Å²) >= 11 is 2.28. The van der Waals surface area contributed by atoms with Gasteiger partial charge in [0.05, 0.1) is 0 Å². The molecule has 0 spiro atoms. The van der Waals surface area contributed by atoms with Gasteiger partial charge in [-0.3, -0.25) is 0 Å². The Labute approximate surface area is 127 Å². The Hall–Kier alpha value is -0.940. The van der Waals surface area contributed by atoms with Crippen molar-refractivity contribution in [2.45, 2.75) is 19.4 Å². The molecular formula is C16H17FIN. The summed E-state index contributed by atoms with van der Waals surface area (Å²) in [4.78, 5) is 0. The quantitative estimate of drug-likeness (QED) is 0.795. The maximum Gasteiger partial charge on any atom is 0.128 e. The van der Waals surface area contributed by atoms with Crippen LogP contribution < -0.4 is 5.32 Å². The molecule has 19 heavy (non-hydrogen) atoms. The molecule has 0 aliphatic heterocycles. The summed E-state index contributed by atoms with van der Waals surface area (Å²) in [6, 6.07) is 13.8. The highest BCUT2D eigenvalue weighted by Gasteiger charge is 2.14. The van der Waals surface area contributed by atoms with Crippen LogP contribution in [0.4, 0.5) is 4.39 Å². The Morgan fingerprint density at radius 3 is 2.42 bits per heavy atom. The van der Waals surface area contributed by atoms with Gasteiger partial charge in [-0.15, -0.1) is 0 Å². The van der Waals surface area contributed by atoms with Crippen molar-refractivity contribution >= 4 is 22.6 Å². The van der Waals surface area contributed by atoms with Gasteiger partial charge in [-0.2, -0.15) is 0 Å². The molecule has 0 saturated heterocycles. The van der Waals surface area contributed by atoms with Crippen molar-refractivity contribution in [1.29, 1.82) is 0 Å². The minimum Gasteiger partial charge on any atom is -0.313 e. The first kappa shape index (κ1) is 14.5. The van der Waals surface area contributed by atoms with Gasteiger partial charge in [0.2, 0.25) is 0 Å². The molecule has 0 aliphatic rings. The predicted octanol–water partition coefficient (Wildman–Crippen LogP) is 4.24. The standard InChI is InChI=1S/C16H17FIN/c1-11-3-8-14(15(17)9-11)16(19-2)10-12-4-6-13(18)7-5-12/h3-9,16,19H,10H2,1-2H3. The summed E-state index contributed by atoms with van der Waals surface area (Å²) in [5.41, 5.74) is 2.89. The second kappa shape index (κ2) is 6.48. The van der Waals surface area contributed by atoms with Crippen LogP contribution in [0.25, 0.3) is 0 Å². The van der Waals surface area contributed by atoms with Gasteiger partial charge in [0.25, 0.3) is 0 Å². The predicted molar refractivity (Wildman–Crippen MR) is 85.8 cm³/mol. The van der Waals surface area contributed by atoms with Gasteiger partial charge in [0.1, 0.15) is 5.82 Å². The van der Waals surface area contributed by atoms with E-state index in [0.29, 0.717) is 0 Å². The maximum atomic E-state index is 14.0. The number of halogens is 2. The van der Waals surface area contributed by atoms with Crippen LogP contribution >= 0.6 is 22.6 Å². The molecule has 0 saturated carbocycles. The SMILES string of the molecule is CNC(Cc1ccc(I)cc1)c1ccc(C)cc1F. The zero-order chi connectivity index (χ0) is 13.8. The van der Waals surface area contributed by atoms with Crippen molar-refractivity contribution < 1.29 is 4.39 Å². The summed E-state index contributed by atoms with van der Waals surface area (Å²) in [5.74, 6) is -0.134. The lowest BCUT2D eigenvalue weighted by molar-refractivity contribution is 0.533. The third-order valence-corrected chi connectivity index (χ3v) is 3.95. The Morgan fingerprint density at radius 1 is 1.16 bits per heavy atom. The van der Waals surface area contributed by atoms with E-state index in [4.69, 9.17) is 0 Å².